The van der Waals surface area contributed by atoms with Crippen molar-refractivity contribution >= 4 is 11.6 Å². The quantitative estimate of drug-likeness (QED) is 0.753. The number of halogens is 1. The normalized spacial score (nSPS) is 22.1. The molecule has 0 bridgehead atoms. The number of amides is 1. The van der Waals surface area contributed by atoms with E-state index in [0.29, 0.717) is 12.2 Å². The van der Waals surface area contributed by atoms with Crippen molar-refractivity contribution in [2.45, 2.75) is 44.8 Å². The molecule has 4 rings (SSSR count). The third kappa shape index (κ3) is 4.40. The minimum absolute atomic E-state index is 0.0335. The summed E-state index contributed by atoms with van der Waals surface area (Å²) in [7, 11) is 0. The van der Waals surface area contributed by atoms with E-state index in [1.807, 2.05) is 32.2 Å². The maximum Gasteiger partial charge on any atom is 0.256 e. The molecule has 2 fully saturated rings. The Hall–Kier alpha value is -2.31. The lowest BCUT2D eigenvalue weighted by Crippen LogP contribution is -2.63. The standard InChI is InChI=1S/C24H30FN3O2/c1-18(2)22-23(29)28(21-9-4-3-8-20(21)25)17-24(30-22)11-15-27(16-12-24)14-10-19-7-5-6-13-26-19/h3-9,13,18,22H,10-12,14-17H2,1-2H3. The van der Waals surface area contributed by atoms with Gasteiger partial charge in [-0.25, -0.2) is 4.39 Å². The molecular weight excluding hydrogens is 381 g/mol. The number of morpholine rings is 1. The number of carbonyl (C=O) groups excluding carboxylic acids is 1. The molecule has 2 saturated heterocycles. The number of likely N-dealkylation sites (tertiary alicyclic amines) is 1. The van der Waals surface area contributed by atoms with Crippen LogP contribution in [0.3, 0.4) is 0 Å². The number of piperidine rings is 1. The van der Waals surface area contributed by atoms with Crippen molar-refractivity contribution in [1.82, 2.24) is 9.88 Å². The zero-order valence-electron chi connectivity index (χ0n) is 17.8. The summed E-state index contributed by atoms with van der Waals surface area (Å²) in [6, 6.07) is 12.5. The highest BCUT2D eigenvalue weighted by Crippen LogP contribution is 2.37. The SMILES string of the molecule is CC(C)C1OC2(CCN(CCc3ccccn3)CC2)CN(c2ccccc2F)C1=O. The number of carbonyl (C=O) groups is 1. The molecule has 3 heterocycles. The summed E-state index contributed by atoms with van der Waals surface area (Å²) in [6.45, 7) is 7.14. The van der Waals surface area contributed by atoms with Crippen LogP contribution in [-0.4, -0.2) is 53.7 Å². The first-order valence-electron chi connectivity index (χ1n) is 10.8. The van der Waals surface area contributed by atoms with Gasteiger partial charge in [-0.3, -0.25) is 9.78 Å². The molecule has 0 radical (unpaired) electrons. The van der Waals surface area contributed by atoms with E-state index in [0.717, 1.165) is 44.6 Å². The van der Waals surface area contributed by atoms with Crippen LogP contribution in [-0.2, 0) is 16.0 Å². The van der Waals surface area contributed by atoms with Gasteiger partial charge in [0.2, 0.25) is 0 Å². The van der Waals surface area contributed by atoms with Crippen molar-refractivity contribution in [3.05, 3.63) is 60.2 Å². The molecule has 0 aliphatic carbocycles. The second kappa shape index (κ2) is 8.82. The van der Waals surface area contributed by atoms with Crippen LogP contribution in [0.4, 0.5) is 10.1 Å². The highest BCUT2D eigenvalue weighted by atomic mass is 19.1. The van der Waals surface area contributed by atoms with E-state index in [-0.39, 0.29) is 17.6 Å². The van der Waals surface area contributed by atoms with Crippen LogP contribution in [0.25, 0.3) is 0 Å². The van der Waals surface area contributed by atoms with Crippen LogP contribution >= 0.6 is 0 Å². The summed E-state index contributed by atoms with van der Waals surface area (Å²) in [5, 5.41) is 0. The van der Waals surface area contributed by atoms with E-state index in [1.165, 1.54) is 6.07 Å². The molecule has 1 amide bonds. The summed E-state index contributed by atoms with van der Waals surface area (Å²) in [6.07, 6.45) is 3.87. The predicted molar refractivity (Wildman–Crippen MR) is 115 cm³/mol. The van der Waals surface area contributed by atoms with Crippen molar-refractivity contribution in [2.75, 3.05) is 31.1 Å². The average Bonchev–Trinajstić information content (AvgIpc) is 2.76. The molecule has 5 nitrogen and oxygen atoms in total. The van der Waals surface area contributed by atoms with E-state index >= 15 is 0 Å². The fraction of sp³-hybridized carbons (Fsp3) is 0.500. The highest BCUT2D eigenvalue weighted by molar-refractivity contribution is 5.97. The number of nitrogens with zero attached hydrogens (tertiary/aromatic N) is 3. The molecule has 2 aliphatic rings. The lowest BCUT2D eigenvalue weighted by atomic mass is 9.86. The molecule has 1 atom stereocenters. The van der Waals surface area contributed by atoms with Gasteiger partial charge >= 0.3 is 0 Å². The summed E-state index contributed by atoms with van der Waals surface area (Å²) >= 11 is 0. The zero-order chi connectivity index (χ0) is 21.1. The molecule has 1 spiro atoms. The Kier molecular flexibility index (Phi) is 6.16. The second-order valence-electron chi connectivity index (χ2n) is 8.75. The van der Waals surface area contributed by atoms with Gasteiger partial charge in [0.1, 0.15) is 11.9 Å². The number of pyridine rings is 1. The van der Waals surface area contributed by atoms with E-state index in [2.05, 4.69) is 16.0 Å². The van der Waals surface area contributed by atoms with Gasteiger partial charge in [0.25, 0.3) is 5.91 Å². The summed E-state index contributed by atoms with van der Waals surface area (Å²) < 4.78 is 20.9. The molecule has 1 unspecified atom stereocenters. The van der Waals surface area contributed by atoms with Crippen molar-refractivity contribution in [2.24, 2.45) is 5.92 Å². The molecule has 160 valence electrons. The van der Waals surface area contributed by atoms with Crippen LogP contribution in [0.15, 0.2) is 48.7 Å². The molecule has 1 aromatic carbocycles. The summed E-state index contributed by atoms with van der Waals surface area (Å²) in [5.74, 6) is -0.470. The Morgan fingerprint density at radius 2 is 1.90 bits per heavy atom. The Bertz CT molecular complexity index is 866. The molecule has 6 heteroatoms. The Morgan fingerprint density at radius 3 is 2.57 bits per heavy atom. The van der Waals surface area contributed by atoms with Crippen LogP contribution in [0.5, 0.6) is 0 Å². The lowest BCUT2D eigenvalue weighted by molar-refractivity contribution is -0.171. The lowest BCUT2D eigenvalue weighted by Gasteiger charge is -2.50. The van der Waals surface area contributed by atoms with Gasteiger partial charge in [0.05, 0.1) is 17.8 Å². The number of aromatic nitrogens is 1. The van der Waals surface area contributed by atoms with E-state index in [9.17, 15) is 9.18 Å². The minimum Gasteiger partial charge on any atom is -0.360 e. The van der Waals surface area contributed by atoms with Gasteiger partial charge in [-0.1, -0.05) is 32.0 Å². The number of benzene rings is 1. The molecule has 1 aromatic heterocycles. The van der Waals surface area contributed by atoms with Gasteiger partial charge < -0.3 is 14.5 Å². The van der Waals surface area contributed by atoms with E-state index in [4.69, 9.17) is 4.74 Å². The van der Waals surface area contributed by atoms with Crippen LogP contribution in [0, 0.1) is 11.7 Å². The summed E-state index contributed by atoms with van der Waals surface area (Å²) in [4.78, 5) is 21.5. The molecule has 2 aliphatic heterocycles. The van der Waals surface area contributed by atoms with Gasteiger partial charge in [0.15, 0.2) is 0 Å². The molecule has 0 N–H and O–H groups in total. The van der Waals surface area contributed by atoms with Crippen molar-refractivity contribution in [1.29, 1.82) is 0 Å². The monoisotopic (exact) mass is 411 g/mol. The molecule has 0 saturated carbocycles. The number of rotatable bonds is 5. The predicted octanol–water partition coefficient (Wildman–Crippen LogP) is 3.69. The first kappa shape index (κ1) is 20.9. The van der Waals surface area contributed by atoms with E-state index < -0.39 is 11.7 Å². The maximum atomic E-state index is 14.5. The zero-order valence-corrected chi connectivity index (χ0v) is 17.8. The van der Waals surface area contributed by atoms with E-state index in [1.54, 1.807) is 23.1 Å². The Morgan fingerprint density at radius 1 is 1.17 bits per heavy atom. The number of ether oxygens (including phenoxy) is 1. The van der Waals surface area contributed by atoms with Crippen LogP contribution in [0.1, 0.15) is 32.4 Å². The van der Waals surface area contributed by atoms with Crippen molar-refractivity contribution in [3.8, 4) is 0 Å². The molecule has 2 aromatic rings. The van der Waals surface area contributed by atoms with Gasteiger partial charge in [0, 0.05) is 37.9 Å². The summed E-state index contributed by atoms with van der Waals surface area (Å²) in [5.41, 5.74) is 1.03. The van der Waals surface area contributed by atoms with Gasteiger partial charge in [-0.05, 0) is 43.0 Å². The number of hydrogen-bond acceptors (Lipinski definition) is 4. The first-order valence-corrected chi connectivity index (χ1v) is 10.8. The van der Waals surface area contributed by atoms with Crippen molar-refractivity contribution < 1.29 is 13.9 Å². The fourth-order valence-electron chi connectivity index (χ4n) is 4.45. The topological polar surface area (TPSA) is 45.7 Å². The number of para-hydroxylation sites is 1. The molecular formula is C24H30FN3O2. The fourth-order valence-corrected chi connectivity index (χ4v) is 4.45. The Labute approximate surface area is 177 Å². The maximum absolute atomic E-state index is 14.5. The number of anilines is 1. The smallest absolute Gasteiger partial charge is 0.256 e. The highest BCUT2D eigenvalue weighted by Gasteiger charge is 2.48. The number of hydrogen-bond donors (Lipinski definition) is 0. The first-order chi connectivity index (χ1) is 14.5. The second-order valence-corrected chi connectivity index (χ2v) is 8.75. The van der Waals surface area contributed by atoms with Crippen LogP contribution in [0.2, 0.25) is 0 Å². The largest absolute Gasteiger partial charge is 0.360 e. The van der Waals surface area contributed by atoms with Gasteiger partial charge in [-0.15, -0.1) is 0 Å². The minimum atomic E-state index is -0.543. The van der Waals surface area contributed by atoms with Crippen LogP contribution < -0.4 is 4.90 Å². The Balaban J connectivity index is 1.46. The third-order valence-corrected chi connectivity index (χ3v) is 6.26. The molecule has 30 heavy (non-hydrogen) atoms. The average molecular weight is 412 g/mol. The third-order valence-electron chi connectivity index (χ3n) is 6.26. The van der Waals surface area contributed by atoms with Gasteiger partial charge in [-0.2, -0.15) is 0 Å². The van der Waals surface area contributed by atoms with Crippen molar-refractivity contribution in [3.63, 3.8) is 0 Å².